The topological polar surface area (TPSA) is 39.1 Å². The van der Waals surface area contributed by atoms with Gasteiger partial charge >= 0.3 is 0 Å². The first-order chi connectivity index (χ1) is 7.18. The fraction of sp³-hybridized carbons (Fsp3) is 0.917. The number of nitrogens with one attached hydrogen (secondary N) is 1. The Morgan fingerprint density at radius 3 is 3.00 bits per heavy atom. The highest BCUT2D eigenvalue weighted by molar-refractivity contribution is 5.19. The Balaban J connectivity index is 2.05. The fourth-order valence-corrected chi connectivity index (χ4v) is 2.90. The van der Waals surface area contributed by atoms with Crippen LogP contribution in [0.3, 0.4) is 0 Å². The fourth-order valence-electron chi connectivity index (χ4n) is 2.90. The molecule has 0 aromatic carbocycles. The van der Waals surface area contributed by atoms with Gasteiger partial charge in [0.25, 0.3) is 0 Å². The summed E-state index contributed by atoms with van der Waals surface area (Å²) in [6, 6.07) is 3.02. The zero-order valence-corrected chi connectivity index (χ0v) is 9.79. The molecule has 0 aromatic rings. The van der Waals surface area contributed by atoms with E-state index in [-0.39, 0.29) is 5.54 Å². The summed E-state index contributed by atoms with van der Waals surface area (Å²) in [5.74, 6) is 0.616. The van der Waals surface area contributed by atoms with Gasteiger partial charge < -0.3 is 0 Å². The molecule has 0 amide bonds. The smallest absolute Gasteiger partial charge is 0.123 e. The highest BCUT2D eigenvalue weighted by Crippen LogP contribution is 2.35. The lowest BCUT2D eigenvalue weighted by Gasteiger charge is -2.30. The Hall–Kier alpha value is -0.590. The van der Waals surface area contributed by atoms with Crippen molar-refractivity contribution < 1.29 is 0 Å². The van der Waals surface area contributed by atoms with Crippen molar-refractivity contribution in [3.8, 4) is 6.07 Å². The molecule has 3 nitrogen and oxygen atoms in total. The van der Waals surface area contributed by atoms with Crippen molar-refractivity contribution in [2.24, 2.45) is 5.92 Å². The van der Waals surface area contributed by atoms with Crippen LogP contribution in [0, 0.1) is 17.2 Å². The van der Waals surface area contributed by atoms with Crippen LogP contribution >= 0.6 is 0 Å². The van der Waals surface area contributed by atoms with Crippen LogP contribution in [-0.4, -0.2) is 36.1 Å². The zero-order chi connectivity index (χ0) is 10.9. The Labute approximate surface area is 92.4 Å². The molecule has 0 bridgehead atoms. The largest absolute Gasteiger partial charge is 0.298 e. The molecule has 2 fully saturated rings. The van der Waals surface area contributed by atoms with Crippen molar-refractivity contribution in [2.75, 3.05) is 19.6 Å². The minimum Gasteiger partial charge on any atom is -0.298 e. The molecule has 15 heavy (non-hydrogen) atoms. The number of hydrogen-bond acceptors (Lipinski definition) is 3. The third kappa shape index (κ3) is 1.89. The lowest BCUT2D eigenvalue weighted by molar-refractivity contribution is 0.261. The molecule has 2 atom stereocenters. The monoisotopic (exact) mass is 207 g/mol. The van der Waals surface area contributed by atoms with Crippen molar-refractivity contribution in [2.45, 2.75) is 44.7 Å². The number of hydrogen-bond donors (Lipinski definition) is 1. The summed E-state index contributed by atoms with van der Waals surface area (Å²) >= 11 is 0. The summed E-state index contributed by atoms with van der Waals surface area (Å²) in [4.78, 5) is 2.48. The molecule has 1 N–H and O–H groups in total. The third-order valence-electron chi connectivity index (χ3n) is 3.75. The highest BCUT2D eigenvalue weighted by Gasteiger charge is 2.49. The quantitative estimate of drug-likeness (QED) is 0.759. The SMILES string of the molecule is CC(C)CNC1(C#N)CCN2CCCC21. The van der Waals surface area contributed by atoms with Crippen molar-refractivity contribution in [3.05, 3.63) is 0 Å². The molecule has 84 valence electrons. The van der Waals surface area contributed by atoms with E-state index in [1.165, 1.54) is 19.4 Å². The molecule has 2 heterocycles. The summed E-state index contributed by atoms with van der Waals surface area (Å²) in [6.07, 6.45) is 3.46. The zero-order valence-electron chi connectivity index (χ0n) is 9.79. The Bertz CT molecular complexity index is 269. The van der Waals surface area contributed by atoms with Gasteiger partial charge in [-0.05, 0) is 38.3 Å². The van der Waals surface area contributed by atoms with E-state index < -0.39 is 0 Å². The summed E-state index contributed by atoms with van der Waals surface area (Å²) in [5.41, 5.74) is -0.249. The van der Waals surface area contributed by atoms with Crippen LogP contribution in [-0.2, 0) is 0 Å². The van der Waals surface area contributed by atoms with Gasteiger partial charge in [-0.1, -0.05) is 13.8 Å². The number of nitriles is 1. The van der Waals surface area contributed by atoms with Gasteiger partial charge in [0.2, 0.25) is 0 Å². The van der Waals surface area contributed by atoms with E-state index in [9.17, 15) is 5.26 Å². The molecule has 2 rings (SSSR count). The molecule has 2 saturated heterocycles. The summed E-state index contributed by atoms with van der Waals surface area (Å²) in [5, 5.41) is 13.0. The maximum Gasteiger partial charge on any atom is 0.123 e. The second-order valence-corrected chi connectivity index (χ2v) is 5.30. The maximum absolute atomic E-state index is 9.44. The molecule has 0 radical (unpaired) electrons. The van der Waals surface area contributed by atoms with Crippen LogP contribution in [0.5, 0.6) is 0 Å². The van der Waals surface area contributed by atoms with Gasteiger partial charge in [0.15, 0.2) is 0 Å². The Morgan fingerprint density at radius 1 is 1.53 bits per heavy atom. The second-order valence-electron chi connectivity index (χ2n) is 5.30. The predicted molar refractivity (Wildman–Crippen MR) is 60.4 cm³/mol. The van der Waals surface area contributed by atoms with Gasteiger partial charge in [-0.3, -0.25) is 10.2 Å². The summed E-state index contributed by atoms with van der Waals surface area (Å²) in [7, 11) is 0. The normalized spacial score (nSPS) is 35.7. The van der Waals surface area contributed by atoms with E-state index in [4.69, 9.17) is 0 Å². The third-order valence-corrected chi connectivity index (χ3v) is 3.75. The van der Waals surface area contributed by atoms with Crippen molar-refractivity contribution in [3.63, 3.8) is 0 Å². The standard InChI is InChI=1S/C12H21N3/c1-10(2)8-14-12(9-13)5-7-15-6-3-4-11(12)15/h10-11,14H,3-8H2,1-2H3. The minimum atomic E-state index is -0.249. The lowest BCUT2D eigenvalue weighted by Crippen LogP contribution is -2.52. The predicted octanol–water partition coefficient (Wildman–Crippen LogP) is 1.36. The Morgan fingerprint density at radius 2 is 2.33 bits per heavy atom. The van der Waals surface area contributed by atoms with Crippen LogP contribution in [0.1, 0.15) is 33.1 Å². The molecule has 2 unspecified atom stereocenters. The van der Waals surface area contributed by atoms with Gasteiger partial charge in [-0.25, -0.2) is 0 Å². The molecule has 2 aliphatic heterocycles. The van der Waals surface area contributed by atoms with Gasteiger partial charge in [0.1, 0.15) is 5.54 Å². The second kappa shape index (κ2) is 4.11. The first-order valence-electron chi connectivity index (χ1n) is 6.08. The average molecular weight is 207 g/mol. The molecule has 0 aliphatic carbocycles. The van der Waals surface area contributed by atoms with E-state index >= 15 is 0 Å². The van der Waals surface area contributed by atoms with E-state index in [1.54, 1.807) is 0 Å². The maximum atomic E-state index is 9.44. The van der Waals surface area contributed by atoms with E-state index in [2.05, 4.69) is 30.1 Å². The lowest BCUT2D eigenvalue weighted by atomic mass is 9.89. The van der Waals surface area contributed by atoms with Crippen molar-refractivity contribution >= 4 is 0 Å². The average Bonchev–Trinajstić information content (AvgIpc) is 2.76. The van der Waals surface area contributed by atoms with Gasteiger partial charge in [-0.15, -0.1) is 0 Å². The highest BCUT2D eigenvalue weighted by atomic mass is 15.3. The number of nitrogens with zero attached hydrogens (tertiary/aromatic N) is 2. The molecule has 0 spiro atoms. The molecular formula is C12H21N3. The first-order valence-corrected chi connectivity index (χ1v) is 6.08. The van der Waals surface area contributed by atoms with Crippen LogP contribution in [0.15, 0.2) is 0 Å². The van der Waals surface area contributed by atoms with Crippen LogP contribution in [0.25, 0.3) is 0 Å². The molecule has 3 heteroatoms. The van der Waals surface area contributed by atoms with Gasteiger partial charge in [-0.2, -0.15) is 5.26 Å². The van der Waals surface area contributed by atoms with Crippen LogP contribution < -0.4 is 5.32 Å². The van der Waals surface area contributed by atoms with E-state index in [0.29, 0.717) is 12.0 Å². The summed E-state index contributed by atoms with van der Waals surface area (Å²) < 4.78 is 0. The van der Waals surface area contributed by atoms with Gasteiger partial charge in [0.05, 0.1) is 6.07 Å². The molecular weight excluding hydrogens is 186 g/mol. The minimum absolute atomic E-state index is 0.249. The number of rotatable bonds is 3. The first kappa shape index (κ1) is 10.9. The molecule has 0 saturated carbocycles. The molecule has 2 aliphatic rings. The Kier molecular flexibility index (Phi) is 2.99. The van der Waals surface area contributed by atoms with Crippen molar-refractivity contribution in [1.82, 2.24) is 10.2 Å². The molecule has 0 aromatic heterocycles. The van der Waals surface area contributed by atoms with Crippen molar-refractivity contribution in [1.29, 1.82) is 5.26 Å². The van der Waals surface area contributed by atoms with E-state index in [1.807, 2.05) is 0 Å². The van der Waals surface area contributed by atoms with Gasteiger partial charge in [0, 0.05) is 12.6 Å². The number of fused-ring (bicyclic) bond motifs is 1. The summed E-state index contributed by atoms with van der Waals surface area (Å²) in [6.45, 7) is 7.64. The van der Waals surface area contributed by atoms with Crippen LogP contribution in [0.4, 0.5) is 0 Å². The van der Waals surface area contributed by atoms with E-state index in [0.717, 1.165) is 19.5 Å². The van der Waals surface area contributed by atoms with Crippen LogP contribution in [0.2, 0.25) is 0 Å².